The summed E-state index contributed by atoms with van der Waals surface area (Å²) in [5, 5.41) is 9.09. The topological polar surface area (TPSA) is 23.5 Å². The molecule has 12 heavy (non-hydrogen) atoms. The molecule has 0 spiro atoms. The fourth-order valence-electron chi connectivity index (χ4n) is 1.81. The lowest BCUT2D eigenvalue weighted by Gasteiger charge is -2.34. The average Bonchev–Trinajstić information content (AvgIpc) is 1.98. The molecule has 0 aromatic carbocycles. The van der Waals surface area contributed by atoms with E-state index in [1.807, 2.05) is 0 Å². The molecule has 0 aromatic rings. The molecule has 2 nitrogen and oxygen atoms in total. The molecule has 1 fully saturated rings. The number of rotatable bonds is 5. The Morgan fingerprint density at radius 1 is 1.42 bits per heavy atom. The van der Waals surface area contributed by atoms with Crippen LogP contribution in [0.15, 0.2) is 0 Å². The summed E-state index contributed by atoms with van der Waals surface area (Å²) in [6, 6.07) is 0. The Morgan fingerprint density at radius 3 is 2.58 bits per heavy atom. The quantitative estimate of drug-likeness (QED) is 0.677. The molecule has 0 amide bonds. The molecule has 0 radical (unpaired) electrons. The van der Waals surface area contributed by atoms with Crippen molar-refractivity contribution in [2.75, 3.05) is 20.1 Å². The molecule has 1 aliphatic rings. The van der Waals surface area contributed by atoms with Crippen molar-refractivity contribution in [3.63, 3.8) is 0 Å². The van der Waals surface area contributed by atoms with Gasteiger partial charge in [-0.2, -0.15) is 0 Å². The van der Waals surface area contributed by atoms with Crippen LogP contribution in [0.25, 0.3) is 0 Å². The molecule has 1 N–H and O–H groups in total. The van der Waals surface area contributed by atoms with E-state index in [2.05, 4.69) is 18.9 Å². The fourth-order valence-corrected chi connectivity index (χ4v) is 1.81. The van der Waals surface area contributed by atoms with Crippen LogP contribution in [0.5, 0.6) is 0 Å². The van der Waals surface area contributed by atoms with Gasteiger partial charge in [-0.05, 0) is 38.8 Å². The Morgan fingerprint density at radius 2 is 2.08 bits per heavy atom. The van der Waals surface area contributed by atoms with Crippen molar-refractivity contribution in [1.29, 1.82) is 0 Å². The van der Waals surface area contributed by atoms with Crippen molar-refractivity contribution in [3.05, 3.63) is 0 Å². The first-order valence-corrected chi connectivity index (χ1v) is 5.09. The third kappa shape index (κ3) is 3.11. The minimum atomic E-state index is 0.00887. The zero-order valence-corrected chi connectivity index (χ0v) is 8.29. The molecule has 1 saturated carbocycles. The molecule has 2 heteroatoms. The van der Waals surface area contributed by atoms with E-state index in [1.165, 1.54) is 25.9 Å². The van der Waals surface area contributed by atoms with Gasteiger partial charge in [-0.1, -0.05) is 13.3 Å². The first-order chi connectivity index (χ1) is 5.72. The van der Waals surface area contributed by atoms with E-state index in [1.54, 1.807) is 0 Å². The zero-order chi connectivity index (χ0) is 8.97. The summed E-state index contributed by atoms with van der Waals surface area (Å²) in [4.78, 5) is 2.39. The minimum Gasteiger partial charge on any atom is -0.393 e. The van der Waals surface area contributed by atoms with E-state index in [-0.39, 0.29) is 6.10 Å². The highest BCUT2D eigenvalue weighted by Gasteiger charge is 2.27. The normalized spacial score (nSPS) is 29.0. The highest BCUT2D eigenvalue weighted by Crippen LogP contribution is 2.27. The Labute approximate surface area is 75.6 Å². The number of hydrogen-bond donors (Lipinski definition) is 1. The molecule has 0 aliphatic heterocycles. The monoisotopic (exact) mass is 171 g/mol. The first-order valence-electron chi connectivity index (χ1n) is 5.09. The Hall–Kier alpha value is -0.0800. The third-order valence-corrected chi connectivity index (χ3v) is 2.67. The van der Waals surface area contributed by atoms with Gasteiger partial charge >= 0.3 is 0 Å². The van der Waals surface area contributed by atoms with Gasteiger partial charge < -0.3 is 10.0 Å². The van der Waals surface area contributed by atoms with Crippen molar-refractivity contribution in [3.8, 4) is 0 Å². The molecule has 0 atom stereocenters. The van der Waals surface area contributed by atoms with E-state index in [4.69, 9.17) is 5.11 Å². The smallest absolute Gasteiger partial charge is 0.0546 e. The molecule has 0 unspecified atom stereocenters. The van der Waals surface area contributed by atoms with Crippen molar-refractivity contribution >= 4 is 0 Å². The van der Waals surface area contributed by atoms with Crippen LogP contribution in [0.4, 0.5) is 0 Å². The lowest BCUT2D eigenvalue weighted by atomic mass is 9.82. The lowest BCUT2D eigenvalue weighted by molar-refractivity contribution is 0.0282. The Kier molecular flexibility index (Phi) is 4.02. The standard InChI is InChI=1S/C10H21NO/c1-3-4-5-11(2)8-9-6-10(12)7-9/h9-10,12H,3-8H2,1-2H3. The zero-order valence-electron chi connectivity index (χ0n) is 8.29. The maximum atomic E-state index is 9.09. The van der Waals surface area contributed by atoms with E-state index in [0.29, 0.717) is 0 Å². The molecular formula is C10H21NO. The number of unbranched alkanes of at least 4 members (excludes halogenated alkanes) is 1. The number of aliphatic hydroxyl groups excluding tert-OH is 1. The second-order valence-electron chi connectivity index (χ2n) is 4.11. The second-order valence-corrected chi connectivity index (χ2v) is 4.11. The SMILES string of the molecule is CCCCN(C)CC1CC(O)C1. The minimum absolute atomic E-state index is 0.00887. The summed E-state index contributed by atoms with van der Waals surface area (Å²) in [5.74, 6) is 0.766. The van der Waals surface area contributed by atoms with Crippen LogP contribution in [0.1, 0.15) is 32.6 Å². The summed E-state index contributed by atoms with van der Waals surface area (Å²) < 4.78 is 0. The Bertz CT molecular complexity index is 121. The molecular weight excluding hydrogens is 150 g/mol. The summed E-state index contributed by atoms with van der Waals surface area (Å²) in [7, 11) is 2.18. The third-order valence-electron chi connectivity index (χ3n) is 2.67. The summed E-state index contributed by atoms with van der Waals surface area (Å²) in [6.45, 7) is 4.61. The maximum Gasteiger partial charge on any atom is 0.0546 e. The molecule has 0 heterocycles. The predicted octanol–water partition coefficient (Wildman–Crippen LogP) is 1.49. The fraction of sp³-hybridized carbons (Fsp3) is 1.00. The van der Waals surface area contributed by atoms with E-state index in [0.717, 1.165) is 18.8 Å². The second kappa shape index (κ2) is 4.83. The summed E-state index contributed by atoms with van der Waals surface area (Å²) in [5.41, 5.74) is 0. The largest absolute Gasteiger partial charge is 0.393 e. The average molecular weight is 171 g/mol. The van der Waals surface area contributed by atoms with Crippen LogP contribution < -0.4 is 0 Å². The van der Waals surface area contributed by atoms with Gasteiger partial charge in [0.25, 0.3) is 0 Å². The van der Waals surface area contributed by atoms with Crippen molar-refractivity contribution in [1.82, 2.24) is 4.90 Å². The highest BCUT2D eigenvalue weighted by molar-refractivity contribution is 4.80. The summed E-state index contributed by atoms with van der Waals surface area (Å²) in [6.07, 6.45) is 4.63. The molecule has 1 aliphatic carbocycles. The van der Waals surface area contributed by atoms with Crippen LogP contribution >= 0.6 is 0 Å². The van der Waals surface area contributed by atoms with Crippen molar-refractivity contribution in [2.45, 2.75) is 38.7 Å². The van der Waals surface area contributed by atoms with Crippen LogP contribution in [-0.4, -0.2) is 36.2 Å². The van der Waals surface area contributed by atoms with E-state index < -0.39 is 0 Å². The number of hydrogen-bond acceptors (Lipinski definition) is 2. The van der Waals surface area contributed by atoms with Crippen LogP contribution in [0.2, 0.25) is 0 Å². The molecule has 0 aromatic heterocycles. The summed E-state index contributed by atoms with van der Waals surface area (Å²) >= 11 is 0. The van der Waals surface area contributed by atoms with Gasteiger partial charge in [-0.25, -0.2) is 0 Å². The highest BCUT2D eigenvalue weighted by atomic mass is 16.3. The molecule has 1 rings (SSSR count). The lowest BCUT2D eigenvalue weighted by Crippen LogP contribution is -2.37. The van der Waals surface area contributed by atoms with Crippen LogP contribution in [-0.2, 0) is 0 Å². The van der Waals surface area contributed by atoms with Crippen molar-refractivity contribution < 1.29 is 5.11 Å². The van der Waals surface area contributed by atoms with Gasteiger partial charge in [-0.15, -0.1) is 0 Å². The maximum absolute atomic E-state index is 9.09. The van der Waals surface area contributed by atoms with Gasteiger partial charge in [0, 0.05) is 6.54 Å². The van der Waals surface area contributed by atoms with E-state index >= 15 is 0 Å². The van der Waals surface area contributed by atoms with Crippen LogP contribution in [0.3, 0.4) is 0 Å². The van der Waals surface area contributed by atoms with E-state index in [9.17, 15) is 0 Å². The number of nitrogens with zero attached hydrogens (tertiary/aromatic N) is 1. The molecule has 72 valence electrons. The first kappa shape index (κ1) is 10.0. The molecule has 0 saturated heterocycles. The van der Waals surface area contributed by atoms with Gasteiger partial charge in [0.15, 0.2) is 0 Å². The van der Waals surface area contributed by atoms with Crippen molar-refractivity contribution in [2.24, 2.45) is 5.92 Å². The van der Waals surface area contributed by atoms with Gasteiger partial charge in [-0.3, -0.25) is 0 Å². The molecule has 0 bridgehead atoms. The van der Waals surface area contributed by atoms with Gasteiger partial charge in [0.2, 0.25) is 0 Å². The predicted molar refractivity (Wildman–Crippen MR) is 51.1 cm³/mol. The Balaban J connectivity index is 1.98. The van der Waals surface area contributed by atoms with Gasteiger partial charge in [0.1, 0.15) is 0 Å². The van der Waals surface area contributed by atoms with Crippen LogP contribution in [0, 0.1) is 5.92 Å². The number of aliphatic hydroxyl groups is 1. The van der Waals surface area contributed by atoms with Gasteiger partial charge in [0.05, 0.1) is 6.10 Å².